The van der Waals surface area contributed by atoms with Gasteiger partial charge >= 0.3 is 0 Å². The highest BCUT2D eigenvalue weighted by Crippen LogP contribution is 2.39. The number of hydrogen-bond donors (Lipinski definition) is 2. The molecule has 3 heterocycles. The molecule has 0 atom stereocenters. The first kappa shape index (κ1) is 23.3. The third kappa shape index (κ3) is 4.47. The molecule has 186 valence electrons. The molecular formula is C29H25ClN4O3. The molecule has 0 bridgehead atoms. The minimum Gasteiger partial charge on any atom is -0.437 e. The Bertz CT molecular complexity index is 1620. The van der Waals surface area contributed by atoms with Gasteiger partial charge in [-0.15, -0.1) is 0 Å². The Morgan fingerprint density at radius 3 is 2.57 bits per heavy atom. The first-order valence-electron chi connectivity index (χ1n) is 12.4. The number of carbonyl (C=O) groups is 2. The number of nitrogens with zero attached hydrogens (tertiary/aromatic N) is 2. The lowest BCUT2D eigenvalue weighted by molar-refractivity contribution is 0.0997. The lowest BCUT2D eigenvalue weighted by Gasteiger charge is -2.37. The quantitative estimate of drug-likeness (QED) is 0.384. The molecule has 2 aliphatic heterocycles. The summed E-state index contributed by atoms with van der Waals surface area (Å²) >= 11 is 6.00. The monoisotopic (exact) mass is 512 g/mol. The van der Waals surface area contributed by atoms with Crippen molar-refractivity contribution in [3.63, 3.8) is 0 Å². The fraction of sp³-hybridized carbons (Fsp3) is 0.207. The normalized spacial score (nSPS) is 14.9. The maximum Gasteiger partial charge on any atom is 0.261 e. The van der Waals surface area contributed by atoms with Crippen LogP contribution in [-0.2, 0) is 12.8 Å². The zero-order chi connectivity index (χ0) is 25.5. The van der Waals surface area contributed by atoms with Gasteiger partial charge < -0.3 is 20.4 Å². The van der Waals surface area contributed by atoms with Crippen LogP contribution < -0.4 is 21.5 Å². The highest BCUT2D eigenvalue weighted by Gasteiger charge is 2.27. The number of carbonyl (C=O) groups excluding carboxylic acids is 2. The fourth-order valence-electron chi connectivity index (χ4n) is 5.28. The molecule has 37 heavy (non-hydrogen) atoms. The molecule has 2 aliphatic rings. The van der Waals surface area contributed by atoms with Crippen LogP contribution in [0.1, 0.15) is 44.7 Å². The van der Waals surface area contributed by atoms with E-state index in [0.717, 1.165) is 49.7 Å². The summed E-state index contributed by atoms with van der Waals surface area (Å²) in [7, 11) is 0. The van der Waals surface area contributed by atoms with Crippen LogP contribution >= 0.6 is 11.6 Å². The van der Waals surface area contributed by atoms with Gasteiger partial charge in [0.05, 0.1) is 5.69 Å². The molecule has 1 aromatic heterocycles. The smallest absolute Gasteiger partial charge is 0.261 e. The molecule has 0 radical (unpaired) electrons. The summed E-state index contributed by atoms with van der Waals surface area (Å²) in [6, 6.07) is 17.5. The largest absolute Gasteiger partial charge is 0.437 e. The lowest BCUT2D eigenvalue weighted by Crippen LogP contribution is -2.34. The molecule has 0 spiro atoms. The van der Waals surface area contributed by atoms with Crippen molar-refractivity contribution in [2.45, 2.75) is 25.7 Å². The van der Waals surface area contributed by atoms with Crippen molar-refractivity contribution < 1.29 is 14.0 Å². The highest BCUT2D eigenvalue weighted by atomic mass is 35.5. The Kier molecular flexibility index (Phi) is 5.93. The summed E-state index contributed by atoms with van der Waals surface area (Å²) in [6.07, 6.45) is 4.08. The number of hydrogen-bond acceptors (Lipinski definition) is 5. The molecule has 0 fully saturated rings. The van der Waals surface area contributed by atoms with Gasteiger partial charge in [0, 0.05) is 46.0 Å². The Balaban J connectivity index is 1.55. The van der Waals surface area contributed by atoms with Crippen LogP contribution in [-0.4, -0.2) is 24.9 Å². The summed E-state index contributed by atoms with van der Waals surface area (Å²) in [5, 5.41) is 4.37. The summed E-state index contributed by atoms with van der Waals surface area (Å²) in [5.74, 6) is -0.907. The molecule has 6 rings (SSSR count). The molecule has 0 saturated heterocycles. The molecule has 2 amide bonds. The van der Waals surface area contributed by atoms with Crippen LogP contribution in [0.25, 0.3) is 11.0 Å². The Labute approximate surface area is 218 Å². The first-order valence-corrected chi connectivity index (χ1v) is 12.7. The predicted molar refractivity (Wildman–Crippen MR) is 145 cm³/mol. The molecule has 3 N–H and O–H groups in total. The van der Waals surface area contributed by atoms with Gasteiger partial charge in [0.1, 0.15) is 11.1 Å². The van der Waals surface area contributed by atoms with Crippen molar-refractivity contribution in [2.24, 2.45) is 10.7 Å². The van der Waals surface area contributed by atoms with Gasteiger partial charge in [-0.2, -0.15) is 0 Å². The van der Waals surface area contributed by atoms with Crippen molar-refractivity contribution >= 4 is 51.4 Å². The lowest BCUT2D eigenvalue weighted by atomic mass is 9.90. The number of benzene rings is 3. The highest BCUT2D eigenvalue weighted by molar-refractivity contribution is 6.30. The van der Waals surface area contributed by atoms with E-state index in [1.54, 1.807) is 48.5 Å². The van der Waals surface area contributed by atoms with E-state index in [9.17, 15) is 9.59 Å². The maximum atomic E-state index is 13.5. The van der Waals surface area contributed by atoms with Gasteiger partial charge in [0.2, 0.25) is 11.5 Å². The van der Waals surface area contributed by atoms with Crippen molar-refractivity contribution in [3.05, 3.63) is 93.5 Å². The number of nitrogens with one attached hydrogen (secondary N) is 1. The van der Waals surface area contributed by atoms with Crippen molar-refractivity contribution in [1.82, 2.24) is 0 Å². The topological polar surface area (TPSA) is 101 Å². The molecule has 7 nitrogen and oxygen atoms in total. The SMILES string of the molecule is NC(=O)c1cccc(N=c2oc3c4c5c(cc3cc2C(=O)Nc2ccc(Cl)cc2)CCCN5CCC4)c1. The van der Waals surface area contributed by atoms with Crippen molar-refractivity contribution in [1.29, 1.82) is 0 Å². The standard InChI is InChI=1S/C29H25ClN4O3/c30-20-8-10-21(11-9-20)32-28(36)24-16-19-14-17-5-2-12-34-13-3-7-23(25(17)34)26(19)37-29(24)33-22-6-1-4-18(15-22)27(31)35/h1,4,6,8-11,14-16H,2-3,5,7,12-13H2,(H2,31,35)(H,32,36). The Morgan fingerprint density at radius 2 is 1.78 bits per heavy atom. The number of anilines is 2. The summed E-state index contributed by atoms with van der Waals surface area (Å²) in [5.41, 5.74) is 11.8. The van der Waals surface area contributed by atoms with Crippen LogP contribution in [0.2, 0.25) is 5.02 Å². The number of amides is 2. The number of aryl methyl sites for hydroxylation is 2. The maximum absolute atomic E-state index is 13.5. The van der Waals surface area contributed by atoms with Crippen LogP contribution in [0, 0.1) is 0 Å². The Hall–Kier alpha value is -4.10. The van der Waals surface area contributed by atoms with E-state index in [1.165, 1.54) is 16.8 Å². The molecule has 0 saturated carbocycles. The second-order valence-electron chi connectivity index (χ2n) is 9.43. The van der Waals surface area contributed by atoms with Gasteiger partial charge in [-0.25, -0.2) is 4.99 Å². The average Bonchev–Trinajstić information content (AvgIpc) is 2.90. The number of halogens is 1. The van der Waals surface area contributed by atoms with E-state index in [-0.39, 0.29) is 11.5 Å². The van der Waals surface area contributed by atoms with E-state index in [4.69, 9.17) is 21.8 Å². The number of primary amides is 1. The minimum absolute atomic E-state index is 0.171. The molecule has 0 unspecified atom stereocenters. The fourth-order valence-corrected chi connectivity index (χ4v) is 5.40. The third-order valence-corrected chi connectivity index (χ3v) is 7.19. The second-order valence-corrected chi connectivity index (χ2v) is 9.86. The van der Waals surface area contributed by atoms with Crippen LogP contribution in [0.3, 0.4) is 0 Å². The van der Waals surface area contributed by atoms with Crippen molar-refractivity contribution in [3.8, 4) is 0 Å². The minimum atomic E-state index is -0.552. The van der Waals surface area contributed by atoms with Crippen molar-refractivity contribution in [2.75, 3.05) is 23.3 Å². The van der Waals surface area contributed by atoms with E-state index < -0.39 is 5.91 Å². The number of fused-ring (bicyclic) bond motifs is 2. The van der Waals surface area contributed by atoms with E-state index in [0.29, 0.717) is 27.5 Å². The van der Waals surface area contributed by atoms with E-state index in [1.807, 2.05) is 6.07 Å². The molecular weight excluding hydrogens is 488 g/mol. The number of nitrogens with two attached hydrogens (primary N) is 1. The Morgan fingerprint density at radius 1 is 1.00 bits per heavy atom. The summed E-state index contributed by atoms with van der Waals surface area (Å²) < 4.78 is 6.45. The van der Waals surface area contributed by atoms with E-state index >= 15 is 0 Å². The van der Waals surface area contributed by atoms with Gasteiger partial charge in [0.15, 0.2) is 0 Å². The zero-order valence-corrected chi connectivity index (χ0v) is 20.8. The average molecular weight is 513 g/mol. The van der Waals surface area contributed by atoms with Crippen LogP contribution in [0.4, 0.5) is 17.1 Å². The van der Waals surface area contributed by atoms with E-state index in [2.05, 4.69) is 21.3 Å². The summed E-state index contributed by atoms with van der Waals surface area (Å²) in [4.78, 5) is 32.3. The van der Waals surface area contributed by atoms with Crippen LogP contribution in [0.5, 0.6) is 0 Å². The molecule has 8 heteroatoms. The second kappa shape index (κ2) is 9.41. The molecule has 4 aromatic rings. The zero-order valence-electron chi connectivity index (χ0n) is 20.1. The summed E-state index contributed by atoms with van der Waals surface area (Å²) in [6.45, 7) is 2.09. The molecule has 0 aliphatic carbocycles. The number of rotatable bonds is 4. The first-order chi connectivity index (χ1) is 18.0. The van der Waals surface area contributed by atoms with Gasteiger partial charge in [-0.1, -0.05) is 17.7 Å². The predicted octanol–water partition coefficient (Wildman–Crippen LogP) is 5.37. The third-order valence-electron chi connectivity index (χ3n) is 6.94. The van der Waals surface area contributed by atoms with Crippen LogP contribution in [0.15, 0.2) is 70.1 Å². The van der Waals surface area contributed by atoms with Gasteiger partial charge in [0.25, 0.3) is 5.91 Å². The van der Waals surface area contributed by atoms with Gasteiger partial charge in [-0.05, 0) is 85.8 Å². The van der Waals surface area contributed by atoms with Gasteiger partial charge in [-0.3, -0.25) is 9.59 Å². The molecule has 3 aromatic carbocycles.